The van der Waals surface area contributed by atoms with Crippen LogP contribution in [-0.2, 0) is 14.2 Å². The highest BCUT2D eigenvalue weighted by Crippen LogP contribution is 2.28. The lowest BCUT2D eigenvalue weighted by Gasteiger charge is -2.45. The van der Waals surface area contributed by atoms with Crippen molar-refractivity contribution in [1.29, 1.82) is 0 Å². The van der Waals surface area contributed by atoms with Crippen LogP contribution in [0, 0.1) is 0 Å². The zero-order valence-electron chi connectivity index (χ0n) is 12.0. The minimum atomic E-state index is -1.76. The number of aliphatic hydroxyl groups is 8. The van der Waals surface area contributed by atoms with E-state index in [2.05, 4.69) is 0 Å². The predicted molar refractivity (Wildman–Crippen MR) is 68.6 cm³/mol. The summed E-state index contributed by atoms with van der Waals surface area (Å²) in [5, 5.41) is 76.8. The molecule has 11 heteroatoms. The van der Waals surface area contributed by atoms with Gasteiger partial charge in [-0.2, -0.15) is 0 Å². The summed E-state index contributed by atoms with van der Waals surface area (Å²) in [6.45, 7) is -1.34. The van der Waals surface area contributed by atoms with E-state index in [4.69, 9.17) is 24.4 Å². The van der Waals surface area contributed by atoms with Crippen molar-refractivity contribution >= 4 is 0 Å². The lowest BCUT2D eigenvalue weighted by Crippen LogP contribution is -2.64. The number of rotatable bonds is 4. The molecule has 8 N–H and O–H groups in total. The number of hydrogen-bond donors (Lipinski definition) is 8. The molecule has 2 saturated heterocycles. The van der Waals surface area contributed by atoms with Gasteiger partial charge in [-0.1, -0.05) is 0 Å². The van der Waals surface area contributed by atoms with Gasteiger partial charge >= 0.3 is 0 Å². The minimum Gasteiger partial charge on any atom is -0.394 e. The lowest BCUT2D eigenvalue weighted by molar-refractivity contribution is -0.355. The molecule has 0 aromatic heterocycles. The third-order valence-electron chi connectivity index (χ3n) is 3.98. The first-order valence-electron chi connectivity index (χ1n) is 7.08. The number of ether oxygens (including phenoxy) is 3. The molecule has 2 rings (SSSR count). The fourth-order valence-corrected chi connectivity index (χ4v) is 2.56. The Hall–Kier alpha value is -0.440. The average molecular weight is 342 g/mol. The molecule has 10 atom stereocenters. The van der Waals surface area contributed by atoms with Gasteiger partial charge in [0.15, 0.2) is 12.6 Å². The van der Waals surface area contributed by atoms with E-state index in [1.165, 1.54) is 0 Å². The molecule has 0 amide bonds. The van der Waals surface area contributed by atoms with Crippen LogP contribution in [0.1, 0.15) is 0 Å². The van der Waals surface area contributed by atoms with Crippen molar-refractivity contribution in [2.24, 2.45) is 0 Å². The Balaban J connectivity index is 2.11. The summed E-state index contributed by atoms with van der Waals surface area (Å²) in [5.41, 5.74) is 0. The van der Waals surface area contributed by atoms with Gasteiger partial charge in [-0.25, -0.2) is 0 Å². The Labute approximate surface area is 130 Å². The molecule has 0 spiro atoms. The quantitative estimate of drug-likeness (QED) is 0.243. The second-order valence-corrected chi connectivity index (χ2v) is 5.53. The summed E-state index contributed by atoms with van der Waals surface area (Å²) in [5.74, 6) is 0. The molecule has 0 bridgehead atoms. The average Bonchev–Trinajstić information content (AvgIpc) is 2.54. The largest absolute Gasteiger partial charge is 0.394 e. The van der Waals surface area contributed by atoms with Gasteiger partial charge in [0, 0.05) is 0 Å². The van der Waals surface area contributed by atoms with Crippen LogP contribution < -0.4 is 0 Å². The third kappa shape index (κ3) is 3.65. The van der Waals surface area contributed by atoms with Crippen LogP contribution in [0.25, 0.3) is 0 Å². The van der Waals surface area contributed by atoms with Crippen molar-refractivity contribution in [2.75, 3.05) is 13.2 Å². The Morgan fingerprint density at radius 1 is 0.652 bits per heavy atom. The van der Waals surface area contributed by atoms with Crippen molar-refractivity contribution in [3.63, 3.8) is 0 Å². The zero-order valence-corrected chi connectivity index (χ0v) is 12.0. The summed E-state index contributed by atoms with van der Waals surface area (Å²) >= 11 is 0. The Morgan fingerprint density at radius 2 is 1.22 bits per heavy atom. The second-order valence-electron chi connectivity index (χ2n) is 5.53. The Morgan fingerprint density at radius 3 is 1.78 bits per heavy atom. The van der Waals surface area contributed by atoms with E-state index >= 15 is 0 Å². The first-order valence-corrected chi connectivity index (χ1v) is 7.08. The van der Waals surface area contributed by atoms with Gasteiger partial charge in [-0.05, 0) is 0 Å². The fourth-order valence-electron chi connectivity index (χ4n) is 2.56. The molecule has 1 unspecified atom stereocenters. The van der Waals surface area contributed by atoms with Crippen molar-refractivity contribution in [1.82, 2.24) is 0 Å². The van der Waals surface area contributed by atoms with Crippen molar-refractivity contribution in [3.8, 4) is 0 Å². The van der Waals surface area contributed by atoms with E-state index in [9.17, 15) is 30.6 Å². The van der Waals surface area contributed by atoms with Crippen molar-refractivity contribution < 1.29 is 55.1 Å². The van der Waals surface area contributed by atoms with Crippen molar-refractivity contribution in [3.05, 3.63) is 0 Å². The van der Waals surface area contributed by atoms with E-state index in [0.29, 0.717) is 0 Å². The van der Waals surface area contributed by atoms with Crippen molar-refractivity contribution in [2.45, 2.75) is 61.4 Å². The van der Waals surface area contributed by atoms with E-state index in [1.54, 1.807) is 0 Å². The summed E-state index contributed by atoms with van der Waals surface area (Å²) in [6, 6.07) is 0. The smallest absolute Gasteiger partial charge is 0.187 e. The number of hydrogen-bond acceptors (Lipinski definition) is 11. The molecule has 0 radical (unpaired) electrons. The molecule has 0 aromatic rings. The van der Waals surface area contributed by atoms with Gasteiger partial charge in [0.1, 0.15) is 48.8 Å². The molecule has 2 aliphatic heterocycles. The van der Waals surface area contributed by atoms with Crippen LogP contribution in [0.15, 0.2) is 0 Å². The number of aliphatic hydroxyl groups excluding tert-OH is 8. The van der Waals surface area contributed by atoms with Gasteiger partial charge < -0.3 is 55.1 Å². The van der Waals surface area contributed by atoms with Gasteiger partial charge in [0.25, 0.3) is 0 Å². The Kier molecular flexibility index (Phi) is 6.27. The maximum Gasteiger partial charge on any atom is 0.187 e. The van der Waals surface area contributed by atoms with E-state index in [-0.39, 0.29) is 0 Å². The molecule has 2 heterocycles. The molecule has 2 aliphatic rings. The predicted octanol–water partition coefficient (Wildman–Crippen LogP) is -5.40. The molecular weight excluding hydrogens is 320 g/mol. The third-order valence-corrected chi connectivity index (χ3v) is 3.98. The molecule has 2 fully saturated rings. The molecule has 0 saturated carbocycles. The minimum absolute atomic E-state index is 0.667. The Bertz CT molecular complexity index is 380. The molecular formula is C12H22O11. The van der Waals surface area contributed by atoms with Crippen LogP contribution in [0.3, 0.4) is 0 Å². The normalized spacial score (nSPS) is 51.7. The molecule has 11 nitrogen and oxygen atoms in total. The lowest BCUT2D eigenvalue weighted by atomic mass is 9.97. The fraction of sp³-hybridized carbons (Fsp3) is 1.00. The van der Waals surface area contributed by atoms with Gasteiger partial charge in [0.05, 0.1) is 13.2 Å². The molecule has 0 aromatic carbocycles. The van der Waals surface area contributed by atoms with Gasteiger partial charge in [0.2, 0.25) is 0 Å². The zero-order chi connectivity index (χ0) is 17.3. The van der Waals surface area contributed by atoms with E-state index in [0.717, 1.165) is 0 Å². The molecule has 0 aliphatic carbocycles. The second kappa shape index (κ2) is 7.63. The molecule has 136 valence electrons. The van der Waals surface area contributed by atoms with Crippen LogP contribution in [0.2, 0.25) is 0 Å². The summed E-state index contributed by atoms with van der Waals surface area (Å²) < 4.78 is 15.1. The topological polar surface area (TPSA) is 190 Å². The standard InChI is InChI=1S/C12H22O11/c13-1-3-5(15)7(17)8(18)12(22-3)23-10-6(16)4(2-14)21-11(20)9(10)19/h3-20H,1-2H2/t3-,4-,5+,6+,7+,8+,9+,10+,11?,12-/m1/s1. The monoisotopic (exact) mass is 342 g/mol. The maximum absolute atomic E-state index is 10.00. The van der Waals surface area contributed by atoms with Crippen LogP contribution in [-0.4, -0.2) is 115 Å². The highest BCUT2D eigenvalue weighted by molar-refractivity contribution is 4.93. The first-order chi connectivity index (χ1) is 10.8. The van der Waals surface area contributed by atoms with Gasteiger partial charge in [-0.3, -0.25) is 0 Å². The van der Waals surface area contributed by atoms with Crippen LogP contribution >= 0.6 is 0 Å². The highest BCUT2D eigenvalue weighted by Gasteiger charge is 2.50. The molecule has 23 heavy (non-hydrogen) atoms. The first kappa shape index (κ1) is 18.9. The van der Waals surface area contributed by atoms with Gasteiger partial charge in [-0.15, -0.1) is 0 Å². The van der Waals surface area contributed by atoms with E-state index in [1.807, 2.05) is 0 Å². The SMILES string of the molecule is OC[C@H]1O[C@H](O[C@H]2[C@@H](O)[C@@H](CO)OC(O)[C@H]2O)[C@@H](O)[C@@H](O)[C@H]1O. The summed E-state index contributed by atoms with van der Waals surface area (Å²) in [4.78, 5) is 0. The van der Waals surface area contributed by atoms with Crippen LogP contribution in [0.5, 0.6) is 0 Å². The van der Waals surface area contributed by atoms with Crippen LogP contribution in [0.4, 0.5) is 0 Å². The maximum atomic E-state index is 10.00. The summed E-state index contributed by atoms with van der Waals surface area (Å²) in [6.07, 6.45) is -15.7. The summed E-state index contributed by atoms with van der Waals surface area (Å²) in [7, 11) is 0. The van der Waals surface area contributed by atoms with E-state index < -0.39 is 74.6 Å². The highest BCUT2D eigenvalue weighted by atomic mass is 16.7.